The van der Waals surface area contributed by atoms with E-state index in [2.05, 4.69) is 49.1 Å². The fourth-order valence-electron chi connectivity index (χ4n) is 4.02. The minimum Gasteiger partial charge on any atom is -0.368 e. The summed E-state index contributed by atoms with van der Waals surface area (Å²) in [5.41, 5.74) is 10.8. The molecule has 0 spiro atoms. The SMILES string of the molecule is Cc1nc(N)nc(N[C@@H](C)c2nc3ccn(C)c3cc2N2CCN[C@@H](C)C2)c1C#N. The third kappa shape index (κ3) is 3.62. The van der Waals surface area contributed by atoms with Gasteiger partial charge in [0.05, 0.1) is 34.2 Å². The van der Waals surface area contributed by atoms with Gasteiger partial charge in [-0.15, -0.1) is 0 Å². The summed E-state index contributed by atoms with van der Waals surface area (Å²) >= 11 is 0. The quantitative estimate of drug-likeness (QED) is 0.603. The number of anilines is 3. The van der Waals surface area contributed by atoms with Gasteiger partial charge in [0.1, 0.15) is 17.5 Å². The molecule has 0 radical (unpaired) electrons. The maximum Gasteiger partial charge on any atom is 0.222 e. The van der Waals surface area contributed by atoms with Crippen LogP contribution in [-0.2, 0) is 7.05 Å². The van der Waals surface area contributed by atoms with Crippen LogP contribution in [0.3, 0.4) is 0 Å². The van der Waals surface area contributed by atoms with Crippen molar-refractivity contribution in [3.05, 3.63) is 35.3 Å². The van der Waals surface area contributed by atoms with Gasteiger partial charge in [-0.1, -0.05) is 0 Å². The molecule has 1 saturated heterocycles. The highest BCUT2D eigenvalue weighted by Gasteiger charge is 2.24. The summed E-state index contributed by atoms with van der Waals surface area (Å²) in [5, 5.41) is 16.4. The number of hydrogen-bond acceptors (Lipinski definition) is 8. The summed E-state index contributed by atoms with van der Waals surface area (Å²) in [4.78, 5) is 15.7. The molecule has 0 aromatic carbocycles. The third-order valence-corrected chi connectivity index (χ3v) is 5.57. The van der Waals surface area contributed by atoms with Gasteiger partial charge in [-0.3, -0.25) is 0 Å². The Morgan fingerprint density at radius 3 is 2.90 bits per heavy atom. The number of fused-ring (bicyclic) bond motifs is 1. The van der Waals surface area contributed by atoms with Crippen molar-refractivity contribution in [2.75, 3.05) is 35.6 Å². The Labute approximate surface area is 175 Å². The second-order valence-corrected chi connectivity index (χ2v) is 7.89. The van der Waals surface area contributed by atoms with Gasteiger partial charge in [0.2, 0.25) is 5.95 Å². The molecule has 0 amide bonds. The normalized spacial score (nSPS) is 17.7. The van der Waals surface area contributed by atoms with Crippen molar-refractivity contribution in [2.24, 2.45) is 7.05 Å². The molecule has 1 fully saturated rings. The smallest absolute Gasteiger partial charge is 0.222 e. The van der Waals surface area contributed by atoms with Crippen LogP contribution in [0.1, 0.15) is 36.8 Å². The summed E-state index contributed by atoms with van der Waals surface area (Å²) < 4.78 is 2.08. The van der Waals surface area contributed by atoms with Crippen molar-refractivity contribution in [3.63, 3.8) is 0 Å². The maximum atomic E-state index is 9.56. The summed E-state index contributed by atoms with van der Waals surface area (Å²) in [6.45, 7) is 8.71. The molecule has 0 saturated carbocycles. The molecule has 4 heterocycles. The molecular formula is C21H27N9. The Kier molecular flexibility index (Phi) is 5.18. The Bertz CT molecular complexity index is 1130. The van der Waals surface area contributed by atoms with Crippen molar-refractivity contribution in [3.8, 4) is 6.07 Å². The first-order valence-electron chi connectivity index (χ1n) is 10.1. The van der Waals surface area contributed by atoms with Crippen LogP contribution in [-0.4, -0.2) is 45.2 Å². The van der Waals surface area contributed by atoms with Crippen LogP contribution in [0.2, 0.25) is 0 Å². The highest BCUT2D eigenvalue weighted by Crippen LogP contribution is 2.32. The standard InChI is InChI=1S/C21H27N9/c1-12-11-30(8-6-24-12)18-9-17-16(5-7-29(17)4)27-19(18)14(3)25-20-15(10-22)13(2)26-21(23)28-20/h5,7,9,12,14,24H,6,8,11H2,1-4H3,(H3,23,25,26,28)/t12-,14-/m0/s1. The third-order valence-electron chi connectivity index (χ3n) is 5.57. The number of nitrogens with zero attached hydrogens (tertiary/aromatic N) is 6. The van der Waals surface area contributed by atoms with Gasteiger partial charge in [-0.2, -0.15) is 10.2 Å². The van der Waals surface area contributed by atoms with E-state index in [1.54, 1.807) is 6.92 Å². The van der Waals surface area contributed by atoms with E-state index in [9.17, 15) is 5.26 Å². The van der Waals surface area contributed by atoms with E-state index in [0.29, 0.717) is 23.1 Å². The second-order valence-electron chi connectivity index (χ2n) is 7.89. The van der Waals surface area contributed by atoms with Gasteiger partial charge in [-0.05, 0) is 32.9 Å². The number of piperazine rings is 1. The summed E-state index contributed by atoms with van der Waals surface area (Å²) in [5.74, 6) is 0.577. The minimum atomic E-state index is -0.185. The minimum absolute atomic E-state index is 0.142. The van der Waals surface area contributed by atoms with Gasteiger partial charge in [0, 0.05) is 38.9 Å². The van der Waals surface area contributed by atoms with Gasteiger partial charge in [-0.25, -0.2) is 9.97 Å². The molecule has 4 rings (SSSR count). The zero-order valence-electron chi connectivity index (χ0n) is 17.8. The van der Waals surface area contributed by atoms with E-state index in [-0.39, 0.29) is 12.0 Å². The van der Waals surface area contributed by atoms with Crippen LogP contribution in [0.25, 0.3) is 11.0 Å². The monoisotopic (exact) mass is 405 g/mol. The van der Waals surface area contributed by atoms with E-state index in [1.165, 1.54) is 0 Å². The fraction of sp³-hybridized carbons (Fsp3) is 0.429. The average Bonchev–Trinajstić information content (AvgIpc) is 3.07. The van der Waals surface area contributed by atoms with E-state index in [0.717, 1.165) is 42.0 Å². The predicted octanol–water partition coefficient (Wildman–Crippen LogP) is 2.10. The Morgan fingerprint density at radius 1 is 1.37 bits per heavy atom. The molecule has 1 aliphatic rings. The molecule has 3 aromatic heterocycles. The van der Waals surface area contributed by atoms with Gasteiger partial charge in [0.25, 0.3) is 0 Å². The Balaban J connectivity index is 1.77. The number of nitrogen functional groups attached to an aromatic ring is 1. The zero-order chi connectivity index (χ0) is 21.4. The molecule has 3 aromatic rings. The molecule has 9 heteroatoms. The summed E-state index contributed by atoms with van der Waals surface area (Å²) in [6, 6.07) is 6.62. The van der Waals surface area contributed by atoms with Crippen molar-refractivity contribution in [1.82, 2.24) is 24.8 Å². The maximum absolute atomic E-state index is 9.56. The molecule has 0 bridgehead atoms. The van der Waals surface area contributed by atoms with E-state index >= 15 is 0 Å². The molecule has 156 valence electrons. The van der Waals surface area contributed by atoms with Crippen LogP contribution in [0.4, 0.5) is 17.5 Å². The molecule has 2 atom stereocenters. The van der Waals surface area contributed by atoms with Crippen LogP contribution < -0.4 is 21.3 Å². The first kappa shape index (κ1) is 19.9. The molecule has 30 heavy (non-hydrogen) atoms. The van der Waals surface area contributed by atoms with Gasteiger partial charge < -0.3 is 25.8 Å². The van der Waals surface area contributed by atoms with E-state index in [4.69, 9.17) is 10.7 Å². The van der Waals surface area contributed by atoms with Crippen molar-refractivity contribution < 1.29 is 0 Å². The first-order chi connectivity index (χ1) is 14.4. The zero-order valence-corrected chi connectivity index (χ0v) is 17.8. The van der Waals surface area contributed by atoms with Crippen LogP contribution >= 0.6 is 0 Å². The number of hydrogen-bond donors (Lipinski definition) is 3. The lowest BCUT2D eigenvalue weighted by molar-refractivity contribution is 0.483. The number of nitrogens with one attached hydrogen (secondary N) is 2. The number of aryl methyl sites for hydroxylation is 2. The van der Waals surface area contributed by atoms with Crippen molar-refractivity contribution in [1.29, 1.82) is 5.26 Å². The molecule has 4 N–H and O–H groups in total. The van der Waals surface area contributed by atoms with Crippen molar-refractivity contribution in [2.45, 2.75) is 32.9 Å². The highest BCUT2D eigenvalue weighted by atomic mass is 15.2. The summed E-state index contributed by atoms with van der Waals surface area (Å²) in [7, 11) is 2.03. The number of rotatable bonds is 4. The van der Waals surface area contributed by atoms with Gasteiger partial charge >= 0.3 is 0 Å². The lowest BCUT2D eigenvalue weighted by atomic mass is 10.1. The molecule has 1 aliphatic heterocycles. The average molecular weight is 406 g/mol. The molecule has 9 nitrogen and oxygen atoms in total. The van der Waals surface area contributed by atoms with E-state index in [1.807, 2.05) is 26.2 Å². The Morgan fingerprint density at radius 2 is 2.17 bits per heavy atom. The summed E-state index contributed by atoms with van der Waals surface area (Å²) in [6.07, 6.45) is 2.02. The number of pyridine rings is 1. The van der Waals surface area contributed by atoms with Crippen molar-refractivity contribution >= 4 is 28.5 Å². The lowest BCUT2D eigenvalue weighted by Gasteiger charge is -2.35. The highest BCUT2D eigenvalue weighted by molar-refractivity contribution is 5.81. The number of nitriles is 1. The first-order valence-corrected chi connectivity index (χ1v) is 10.1. The van der Waals surface area contributed by atoms with E-state index < -0.39 is 0 Å². The number of nitrogens with two attached hydrogens (primary N) is 1. The topological polar surface area (TPSA) is 121 Å². The molecule has 0 aliphatic carbocycles. The van der Waals surface area contributed by atoms with Crippen LogP contribution in [0.15, 0.2) is 18.3 Å². The fourth-order valence-corrected chi connectivity index (χ4v) is 4.02. The van der Waals surface area contributed by atoms with Crippen LogP contribution in [0.5, 0.6) is 0 Å². The van der Waals surface area contributed by atoms with Gasteiger partial charge in [0.15, 0.2) is 0 Å². The lowest BCUT2D eigenvalue weighted by Crippen LogP contribution is -2.49. The largest absolute Gasteiger partial charge is 0.368 e. The van der Waals surface area contributed by atoms with Crippen LogP contribution in [0, 0.1) is 18.3 Å². The second kappa shape index (κ2) is 7.80. The Hall–Kier alpha value is -3.38. The number of aromatic nitrogens is 4. The molecule has 0 unspecified atom stereocenters. The predicted molar refractivity (Wildman–Crippen MR) is 118 cm³/mol. The molecular weight excluding hydrogens is 378 g/mol.